The molecule has 0 saturated heterocycles. The number of hydrogen-bond acceptors (Lipinski definition) is 6. The zero-order valence-electron chi connectivity index (χ0n) is 29.6. The Morgan fingerprint density at radius 3 is 2.59 bits per heavy atom. The van der Waals surface area contributed by atoms with Crippen LogP contribution in [0.3, 0.4) is 0 Å². The molecule has 0 bridgehead atoms. The molecule has 0 aliphatic heterocycles. The van der Waals surface area contributed by atoms with Gasteiger partial charge in [-0.25, -0.2) is 17.9 Å². The fourth-order valence-electron chi connectivity index (χ4n) is 4.48. The van der Waals surface area contributed by atoms with Crippen LogP contribution in [0, 0.1) is 6.92 Å². The van der Waals surface area contributed by atoms with Crippen molar-refractivity contribution in [1.29, 1.82) is 0 Å². The number of sulfonamides is 1. The molecule has 1 aliphatic rings. The predicted octanol–water partition coefficient (Wildman–Crippen LogP) is 5.70. The van der Waals surface area contributed by atoms with Gasteiger partial charge in [-0.2, -0.15) is 0 Å². The average Bonchev–Trinajstić information content (AvgIpc) is 3.39. The SMILES string of the molecule is [2H]C1(OC(=O)Nc2ccc3c(c2)c(C([2H])([2H])c2ccc(C(=O)NS(=O)(=O)c4ccccc4C)cc2OC)cn3C)CC([2H])([2H])C([2H])([2H])C1. The van der Waals surface area contributed by atoms with Crippen molar-refractivity contribution in [1.82, 2.24) is 9.29 Å². The molecule has 1 aromatic heterocycles. The summed E-state index contributed by atoms with van der Waals surface area (Å²) in [4.78, 5) is 25.7. The van der Waals surface area contributed by atoms with Gasteiger partial charge in [-0.15, -0.1) is 0 Å². The van der Waals surface area contributed by atoms with E-state index >= 15 is 0 Å². The fourth-order valence-corrected chi connectivity index (χ4v) is 5.70. The Balaban J connectivity index is 1.41. The van der Waals surface area contributed by atoms with Crippen LogP contribution in [0.2, 0.25) is 0 Å². The van der Waals surface area contributed by atoms with Gasteiger partial charge in [-0.3, -0.25) is 10.1 Å². The maximum atomic E-state index is 13.0. The first kappa shape index (κ1) is 20.5. The maximum Gasteiger partial charge on any atom is 0.411 e. The second-order valence-corrected chi connectivity index (χ2v) is 11.0. The average molecular weight is 583 g/mol. The van der Waals surface area contributed by atoms with Crippen LogP contribution in [0.25, 0.3) is 10.9 Å². The zero-order chi connectivity index (χ0) is 35.4. The Hall–Kier alpha value is -4.31. The van der Waals surface area contributed by atoms with E-state index in [-0.39, 0.29) is 33.0 Å². The number of aryl methyl sites for hydroxylation is 2. The van der Waals surface area contributed by atoms with Gasteiger partial charge in [0.15, 0.2) is 0 Å². The van der Waals surface area contributed by atoms with Gasteiger partial charge < -0.3 is 14.0 Å². The molecule has 1 heterocycles. The van der Waals surface area contributed by atoms with Gasteiger partial charge in [0, 0.05) is 50.0 Å². The number of anilines is 1. The highest BCUT2D eigenvalue weighted by Gasteiger charge is 2.22. The van der Waals surface area contributed by atoms with E-state index in [9.17, 15) is 18.0 Å². The normalized spacial score (nSPS) is 19.8. The largest absolute Gasteiger partial charge is 0.496 e. The number of carbonyl (C=O) groups excluding carboxylic acids is 2. The summed E-state index contributed by atoms with van der Waals surface area (Å²) in [5, 5.41) is 2.86. The van der Waals surface area contributed by atoms with Crippen molar-refractivity contribution >= 4 is 38.6 Å². The van der Waals surface area contributed by atoms with Gasteiger partial charge in [-0.05, 0) is 85.6 Å². The fraction of sp³-hybridized carbons (Fsp3) is 0.290. The minimum absolute atomic E-state index is 0.0205. The lowest BCUT2D eigenvalue weighted by molar-refractivity contribution is 0.0980. The lowest BCUT2D eigenvalue weighted by atomic mass is 10.0. The monoisotopic (exact) mass is 582 g/mol. The molecule has 2 amide bonds. The van der Waals surface area contributed by atoms with Crippen LogP contribution >= 0.6 is 0 Å². The summed E-state index contributed by atoms with van der Waals surface area (Å²) < 4.78 is 98.1. The summed E-state index contributed by atoms with van der Waals surface area (Å²) >= 11 is 0. The van der Waals surface area contributed by atoms with Crippen LogP contribution in [0.5, 0.6) is 5.75 Å². The Morgan fingerprint density at radius 1 is 1.10 bits per heavy atom. The van der Waals surface area contributed by atoms with E-state index in [1.165, 1.54) is 49.6 Å². The van der Waals surface area contributed by atoms with Crippen molar-refractivity contribution in [2.45, 2.75) is 49.9 Å². The highest BCUT2D eigenvalue weighted by molar-refractivity contribution is 7.90. The van der Waals surface area contributed by atoms with Crippen molar-refractivity contribution in [3.05, 3.63) is 89.1 Å². The minimum Gasteiger partial charge on any atom is -0.496 e. The first-order valence-corrected chi connectivity index (χ1v) is 14.1. The van der Waals surface area contributed by atoms with Gasteiger partial charge in [0.1, 0.15) is 11.8 Å². The molecule has 0 radical (unpaired) electrons. The highest BCUT2D eigenvalue weighted by Crippen LogP contribution is 2.30. The molecular weight excluding hydrogens is 542 g/mol. The van der Waals surface area contributed by atoms with E-state index in [0.717, 1.165) is 0 Å². The molecule has 1 fully saturated rings. The van der Waals surface area contributed by atoms with Gasteiger partial charge in [0.05, 0.1) is 13.4 Å². The molecule has 9 nitrogen and oxygen atoms in total. The summed E-state index contributed by atoms with van der Waals surface area (Å²) in [6.45, 7) is 1.60. The highest BCUT2D eigenvalue weighted by atomic mass is 32.2. The van der Waals surface area contributed by atoms with E-state index in [2.05, 4.69) is 5.32 Å². The van der Waals surface area contributed by atoms with Gasteiger partial charge in [0.2, 0.25) is 0 Å². The topological polar surface area (TPSA) is 116 Å². The number of amides is 2. The number of rotatable bonds is 8. The molecule has 2 N–H and O–H groups in total. The summed E-state index contributed by atoms with van der Waals surface area (Å²) in [7, 11) is -1.20. The van der Waals surface area contributed by atoms with Gasteiger partial charge >= 0.3 is 6.09 Å². The Morgan fingerprint density at radius 2 is 1.85 bits per heavy atom. The van der Waals surface area contributed by atoms with Gasteiger partial charge in [-0.1, -0.05) is 24.3 Å². The molecule has 214 valence electrons. The van der Waals surface area contributed by atoms with E-state index in [1.807, 2.05) is 4.72 Å². The molecule has 3 aromatic carbocycles. The third-order valence-electron chi connectivity index (χ3n) is 6.51. The molecule has 4 aromatic rings. The summed E-state index contributed by atoms with van der Waals surface area (Å²) in [6.07, 6.45) is -9.91. The predicted molar refractivity (Wildman–Crippen MR) is 157 cm³/mol. The Kier molecular flexibility index (Phi) is 5.84. The lowest BCUT2D eigenvalue weighted by Gasteiger charge is -2.13. The summed E-state index contributed by atoms with van der Waals surface area (Å²) in [6, 6.07) is 14.7. The molecule has 1 aliphatic carbocycles. The molecule has 10 heteroatoms. The molecular formula is C31H33N3O6S. The van der Waals surface area contributed by atoms with Crippen LogP contribution in [0.1, 0.15) is 62.2 Å². The first-order valence-electron chi connectivity index (χ1n) is 16.1. The van der Waals surface area contributed by atoms with Crippen LogP contribution < -0.4 is 14.8 Å². The third-order valence-corrected chi connectivity index (χ3v) is 8.00. The number of ether oxygens (including phenoxy) is 2. The zero-order valence-corrected chi connectivity index (χ0v) is 23.4. The third kappa shape index (κ3) is 6.22. The van der Waals surface area contributed by atoms with Crippen LogP contribution in [-0.4, -0.2) is 38.2 Å². The summed E-state index contributed by atoms with van der Waals surface area (Å²) in [5.74, 6) is -0.955. The number of aromatic nitrogens is 1. The Labute approximate surface area is 249 Å². The molecule has 0 unspecified atom stereocenters. The second kappa shape index (κ2) is 11.7. The smallest absolute Gasteiger partial charge is 0.411 e. The number of nitrogens with zero attached hydrogens (tertiary/aromatic N) is 1. The second-order valence-electron chi connectivity index (χ2n) is 9.39. The van der Waals surface area contributed by atoms with Crippen molar-refractivity contribution in [3.63, 3.8) is 0 Å². The molecule has 1 saturated carbocycles. The standard InChI is InChI=1S/C31H33N3O6S/c1-20-8-4-7-11-29(20)41(37,38)33-30(35)22-13-12-21(28(17-22)39-3)16-23-19-34(2)27-15-14-24(18-26(23)27)32-31(36)40-25-9-5-6-10-25/h4,7-8,11-15,17-19,25H,5-6,9-10,16H2,1-3H3,(H,32,36)(H,33,35)/i5D2,6D2,16D2,25D. The first-order chi connectivity index (χ1) is 22.2. The van der Waals surface area contributed by atoms with Crippen LogP contribution in [0.4, 0.5) is 10.5 Å². The van der Waals surface area contributed by atoms with E-state index in [4.69, 9.17) is 19.1 Å². The lowest BCUT2D eigenvalue weighted by Crippen LogP contribution is -2.31. The number of benzene rings is 3. The number of methoxy groups -OCH3 is 1. The molecule has 5 rings (SSSR count). The number of fused-ring (bicyclic) bond motifs is 1. The maximum absolute atomic E-state index is 13.0. The van der Waals surface area contributed by atoms with E-state index in [1.54, 1.807) is 42.9 Å². The number of carbonyl (C=O) groups is 2. The van der Waals surface area contributed by atoms with E-state index in [0.29, 0.717) is 16.5 Å². The van der Waals surface area contributed by atoms with Crippen LogP contribution in [0.15, 0.2) is 71.8 Å². The number of nitrogens with one attached hydrogen (secondary N) is 2. The van der Waals surface area contributed by atoms with Crippen molar-refractivity contribution < 1.29 is 37.1 Å². The summed E-state index contributed by atoms with van der Waals surface area (Å²) in [5.41, 5.74) is 1.35. The number of hydrogen-bond donors (Lipinski definition) is 2. The minimum atomic E-state index is -4.19. The molecule has 41 heavy (non-hydrogen) atoms. The Bertz CT molecular complexity index is 2030. The quantitative estimate of drug-likeness (QED) is 0.276. The van der Waals surface area contributed by atoms with E-state index < -0.39 is 60.1 Å². The van der Waals surface area contributed by atoms with Crippen molar-refractivity contribution in [3.8, 4) is 5.75 Å². The van der Waals surface area contributed by atoms with Crippen molar-refractivity contribution in [2.24, 2.45) is 7.05 Å². The van der Waals surface area contributed by atoms with Crippen molar-refractivity contribution in [2.75, 3.05) is 12.4 Å². The van der Waals surface area contributed by atoms with Crippen LogP contribution in [-0.2, 0) is 28.2 Å². The molecule has 0 spiro atoms. The van der Waals surface area contributed by atoms with Gasteiger partial charge in [0.25, 0.3) is 15.9 Å². The molecule has 0 atom stereocenters.